The number of ether oxygens (including phenoxy) is 1. The van der Waals surface area contributed by atoms with Gasteiger partial charge in [-0.2, -0.15) is 0 Å². The van der Waals surface area contributed by atoms with Gasteiger partial charge in [-0.25, -0.2) is 9.97 Å². The number of rotatable bonds is 3. The Labute approximate surface area is 122 Å². The van der Waals surface area contributed by atoms with Crippen molar-refractivity contribution in [2.24, 2.45) is 0 Å². The molecule has 1 N–H and O–H groups in total. The van der Waals surface area contributed by atoms with Gasteiger partial charge in [0.2, 0.25) is 0 Å². The van der Waals surface area contributed by atoms with E-state index in [1.165, 1.54) is 41.5 Å². The Morgan fingerprint density at radius 2 is 2.25 bits per heavy atom. The minimum Gasteiger partial charge on any atom is -0.378 e. The highest BCUT2D eigenvalue weighted by atomic mass is 32.1. The second-order valence-corrected chi connectivity index (χ2v) is 6.70. The third kappa shape index (κ3) is 2.00. The zero-order valence-corrected chi connectivity index (χ0v) is 12.6. The van der Waals surface area contributed by atoms with Gasteiger partial charge in [-0.15, -0.1) is 11.3 Å². The van der Waals surface area contributed by atoms with Crippen molar-refractivity contribution in [3.05, 3.63) is 16.3 Å². The Morgan fingerprint density at radius 1 is 1.30 bits per heavy atom. The lowest BCUT2D eigenvalue weighted by Gasteiger charge is -2.10. The van der Waals surface area contributed by atoms with Gasteiger partial charge in [-0.1, -0.05) is 0 Å². The van der Waals surface area contributed by atoms with E-state index in [1.807, 2.05) is 18.4 Å². The molecule has 106 valence electrons. The Kier molecular flexibility index (Phi) is 3.11. The fourth-order valence-corrected chi connectivity index (χ4v) is 4.60. The van der Waals surface area contributed by atoms with Crippen LogP contribution < -0.4 is 5.32 Å². The highest BCUT2D eigenvalue weighted by Crippen LogP contribution is 2.39. The van der Waals surface area contributed by atoms with E-state index >= 15 is 0 Å². The molecule has 1 aliphatic carbocycles. The molecular weight excluding hydrogens is 270 g/mol. The van der Waals surface area contributed by atoms with Crippen LogP contribution >= 0.6 is 11.3 Å². The average molecular weight is 289 g/mol. The lowest BCUT2D eigenvalue weighted by molar-refractivity contribution is 0.110. The van der Waals surface area contributed by atoms with E-state index in [0.29, 0.717) is 6.10 Å². The largest absolute Gasteiger partial charge is 0.378 e. The van der Waals surface area contributed by atoms with Crippen LogP contribution in [0.1, 0.15) is 35.5 Å². The zero-order valence-electron chi connectivity index (χ0n) is 11.7. The van der Waals surface area contributed by atoms with Gasteiger partial charge in [-0.05, 0) is 37.7 Å². The summed E-state index contributed by atoms with van der Waals surface area (Å²) >= 11 is 1.86. The lowest BCUT2D eigenvalue weighted by Crippen LogP contribution is -2.12. The Morgan fingerprint density at radius 3 is 3.05 bits per heavy atom. The molecule has 1 atom stereocenters. The van der Waals surface area contributed by atoms with Crippen LogP contribution in [-0.2, 0) is 24.0 Å². The first kappa shape index (κ1) is 12.5. The van der Waals surface area contributed by atoms with E-state index in [4.69, 9.17) is 14.7 Å². The number of hydrogen-bond acceptors (Lipinski definition) is 5. The molecular formula is C15H19N3OS. The highest BCUT2D eigenvalue weighted by Gasteiger charge is 2.23. The maximum Gasteiger partial charge on any atom is 0.138 e. The fourth-order valence-electron chi connectivity index (χ4n) is 3.32. The van der Waals surface area contributed by atoms with Gasteiger partial charge in [-0.3, -0.25) is 0 Å². The molecule has 1 aliphatic heterocycles. The van der Waals surface area contributed by atoms with Crippen molar-refractivity contribution < 1.29 is 4.74 Å². The van der Waals surface area contributed by atoms with E-state index in [-0.39, 0.29) is 0 Å². The second-order valence-electron chi connectivity index (χ2n) is 5.62. The van der Waals surface area contributed by atoms with Crippen LogP contribution in [0.5, 0.6) is 0 Å². The van der Waals surface area contributed by atoms with Crippen molar-refractivity contribution in [3.63, 3.8) is 0 Å². The molecule has 0 amide bonds. The predicted molar refractivity (Wildman–Crippen MR) is 81.7 cm³/mol. The maximum atomic E-state index is 5.71. The first-order chi connectivity index (χ1) is 9.85. The summed E-state index contributed by atoms with van der Waals surface area (Å²) in [6, 6.07) is 0. The summed E-state index contributed by atoms with van der Waals surface area (Å²) in [4.78, 5) is 12.2. The van der Waals surface area contributed by atoms with Crippen molar-refractivity contribution in [1.82, 2.24) is 9.97 Å². The molecule has 1 unspecified atom stereocenters. The van der Waals surface area contributed by atoms with Gasteiger partial charge in [0.05, 0.1) is 11.5 Å². The van der Waals surface area contributed by atoms with Gasteiger partial charge in [0.25, 0.3) is 0 Å². The Hall–Kier alpha value is -1.20. The summed E-state index contributed by atoms with van der Waals surface area (Å²) < 4.78 is 5.71. The van der Waals surface area contributed by atoms with Crippen molar-refractivity contribution in [2.75, 3.05) is 19.0 Å². The number of fused-ring (bicyclic) bond motifs is 3. The fraction of sp³-hybridized carbons (Fsp3) is 0.600. The standard InChI is InChI=1S/C15H19N3OS/c1-16-14-13-10-5-2-6-11(10)20-15(13)18-12(17-14)8-9-4-3-7-19-9/h9H,2-8H2,1H3,(H,16,17,18). The summed E-state index contributed by atoms with van der Waals surface area (Å²) in [6.07, 6.45) is 7.12. The predicted octanol–water partition coefficient (Wildman–Crippen LogP) is 2.94. The number of aromatic nitrogens is 2. The molecule has 4 nitrogen and oxygen atoms in total. The maximum absolute atomic E-state index is 5.71. The van der Waals surface area contributed by atoms with Gasteiger partial charge in [0.1, 0.15) is 16.5 Å². The van der Waals surface area contributed by atoms with E-state index in [9.17, 15) is 0 Å². The summed E-state index contributed by atoms with van der Waals surface area (Å²) in [7, 11) is 1.95. The summed E-state index contributed by atoms with van der Waals surface area (Å²) in [5, 5.41) is 4.53. The molecule has 2 aromatic rings. The molecule has 2 aliphatic rings. The highest BCUT2D eigenvalue weighted by molar-refractivity contribution is 7.19. The first-order valence-corrected chi connectivity index (χ1v) is 8.27. The Bertz CT molecular complexity index is 646. The smallest absolute Gasteiger partial charge is 0.138 e. The first-order valence-electron chi connectivity index (χ1n) is 7.45. The lowest BCUT2D eigenvalue weighted by atomic mass is 10.1. The number of nitrogens with one attached hydrogen (secondary N) is 1. The van der Waals surface area contributed by atoms with E-state index in [0.717, 1.165) is 35.9 Å². The summed E-state index contributed by atoms with van der Waals surface area (Å²) in [6.45, 7) is 0.888. The van der Waals surface area contributed by atoms with Crippen LogP contribution in [0.15, 0.2) is 0 Å². The Balaban J connectivity index is 1.76. The van der Waals surface area contributed by atoms with Crippen LogP contribution in [0.4, 0.5) is 5.82 Å². The normalized spacial score (nSPS) is 21.6. The molecule has 0 saturated carbocycles. The van der Waals surface area contributed by atoms with Gasteiger partial charge < -0.3 is 10.1 Å². The zero-order chi connectivity index (χ0) is 13.5. The molecule has 0 bridgehead atoms. The molecule has 4 rings (SSSR count). The summed E-state index contributed by atoms with van der Waals surface area (Å²) in [5.41, 5.74) is 1.48. The molecule has 20 heavy (non-hydrogen) atoms. The van der Waals surface area contributed by atoms with Crippen molar-refractivity contribution >= 4 is 27.4 Å². The van der Waals surface area contributed by atoms with E-state index < -0.39 is 0 Å². The molecule has 0 aromatic carbocycles. The number of thiophene rings is 1. The third-order valence-electron chi connectivity index (χ3n) is 4.28. The molecule has 0 spiro atoms. The monoisotopic (exact) mass is 289 g/mol. The number of aryl methyl sites for hydroxylation is 2. The molecule has 1 fully saturated rings. The van der Waals surface area contributed by atoms with Crippen LogP contribution in [-0.4, -0.2) is 29.7 Å². The molecule has 0 radical (unpaired) electrons. The number of anilines is 1. The SMILES string of the molecule is CNc1nc(CC2CCCO2)nc2sc3c(c12)CCC3. The number of hydrogen-bond donors (Lipinski definition) is 1. The molecule has 3 heterocycles. The third-order valence-corrected chi connectivity index (χ3v) is 5.47. The topological polar surface area (TPSA) is 47.0 Å². The van der Waals surface area contributed by atoms with Crippen LogP contribution in [0, 0.1) is 0 Å². The number of nitrogens with zero attached hydrogens (tertiary/aromatic N) is 2. The van der Waals surface area contributed by atoms with E-state index in [2.05, 4.69) is 5.32 Å². The average Bonchev–Trinajstić information content (AvgIpc) is 3.13. The molecule has 2 aromatic heterocycles. The van der Waals surface area contributed by atoms with Crippen molar-refractivity contribution in [3.8, 4) is 0 Å². The van der Waals surface area contributed by atoms with Crippen molar-refractivity contribution in [2.45, 2.75) is 44.6 Å². The second kappa shape index (κ2) is 4.97. The van der Waals surface area contributed by atoms with Gasteiger partial charge in [0, 0.05) is 25.0 Å². The van der Waals surface area contributed by atoms with Gasteiger partial charge in [0.15, 0.2) is 0 Å². The minimum absolute atomic E-state index is 0.309. The minimum atomic E-state index is 0.309. The molecule has 5 heteroatoms. The van der Waals surface area contributed by atoms with E-state index in [1.54, 1.807) is 0 Å². The summed E-state index contributed by atoms with van der Waals surface area (Å²) in [5.74, 6) is 1.93. The molecule has 1 saturated heterocycles. The van der Waals surface area contributed by atoms with Crippen molar-refractivity contribution in [1.29, 1.82) is 0 Å². The van der Waals surface area contributed by atoms with Crippen LogP contribution in [0.2, 0.25) is 0 Å². The quantitative estimate of drug-likeness (QED) is 0.943. The van der Waals surface area contributed by atoms with Crippen LogP contribution in [0.25, 0.3) is 10.2 Å². The van der Waals surface area contributed by atoms with Crippen LogP contribution in [0.3, 0.4) is 0 Å². The van der Waals surface area contributed by atoms with Gasteiger partial charge >= 0.3 is 0 Å².